The van der Waals surface area contributed by atoms with E-state index in [2.05, 4.69) is 29.1 Å². The maximum Gasteiger partial charge on any atom is 0.281 e. The minimum atomic E-state index is -1.10. The van der Waals surface area contributed by atoms with Gasteiger partial charge in [-0.3, -0.25) is 18.8 Å². The van der Waals surface area contributed by atoms with Crippen molar-refractivity contribution in [3.05, 3.63) is 82.4 Å². The van der Waals surface area contributed by atoms with Crippen LogP contribution < -0.4 is 11.3 Å². The molecule has 214 valence electrons. The number of carbonyl (C=O) groups excluding carboxylic acids is 1. The lowest BCUT2D eigenvalue weighted by atomic mass is 9.72. The van der Waals surface area contributed by atoms with Crippen LogP contribution in [0.25, 0.3) is 22.3 Å². The van der Waals surface area contributed by atoms with Gasteiger partial charge >= 0.3 is 0 Å². The van der Waals surface area contributed by atoms with E-state index in [9.17, 15) is 14.7 Å². The van der Waals surface area contributed by atoms with E-state index in [1.807, 2.05) is 54.4 Å². The first-order valence-electron chi connectivity index (χ1n) is 14.5. The van der Waals surface area contributed by atoms with E-state index in [0.29, 0.717) is 37.9 Å². The summed E-state index contributed by atoms with van der Waals surface area (Å²) < 4.78 is 3.14. The highest BCUT2D eigenvalue weighted by Crippen LogP contribution is 2.39. The average Bonchev–Trinajstić information content (AvgIpc) is 3.30. The van der Waals surface area contributed by atoms with Crippen molar-refractivity contribution in [3.63, 3.8) is 0 Å². The van der Waals surface area contributed by atoms with Gasteiger partial charge in [-0.05, 0) is 49.1 Å². The number of benzene rings is 2. The Morgan fingerprint density at radius 1 is 1.02 bits per heavy atom. The van der Waals surface area contributed by atoms with E-state index in [-0.39, 0.29) is 35.0 Å². The van der Waals surface area contributed by atoms with Crippen molar-refractivity contribution in [2.75, 3.05) is 13.1 Å². The molecule has 0 bridgehead atoms. The van der Waals surface area contributed by atoms with E-state index in [0.717, 1.165) is 41.6 Å². The molecule has 3 N–H and O–H groups in total. The van der Waals surface area contributed by atoms with Crippen LogP contribution in [0.4, 0.5) is 0 Å². The number of piperidine rings is 1. The van der Waals surface area contributed by atoms with Crippen molar-refractivity contribution in [1.29, 1.82) is 0 Å². The molecular formula is C32H38N6O3. The second kappa shape index (κ2) is 10.5. The van der Waals surface area contributed by atoms with E-state index in [1.165, 1.54) is 10.9 Å². The molecule has 2 aromatic heterocycles. The first-order valence-corrected chi connectivity index (χ1v) is 14.5. The Morgan fingerprint density at radius 3 is 2.34 bits per heavy atom. The smallest absolute Gasteiger partial charge is 0.281 e. The maximum atomic E-state index is 13.5. The first kappa shape index (κ1) is 27.4. The van der Waals surface area contributed by atoms with Crippen LogP contribution in [-0.4, -0.2) is 53.9 Å². The second-order valence-electron chi connectivity index (χ2n) is 12.1. The van der Waals surface area contributed by atoms with Crippen molar-refractivity contribution >= 4 is 16.9 Å². The van der Waals surface area contributed by atoms with Crippen LogP contribution in [0, 0.1) is 0 Å². The fraction of sp³-hybridized carbons (Fsp3) is 0.438. The van der Waals surface area contributed by atoms with Crippen molar-refractivity contribution in [2.45, 2.75) is 69.1 Å². The molecule has 1 aliphatic carbocycles. The average molecular weight is 555 g/mol. The fourth-order valence-corrected chi connectivity index (χ4v) is 6.28. The van der Waals surface area contributed by atoms with Crippen LogP contribution in [0.15, 0.2) is 65.7 Å². The van der Waals surface area contributed by atoms with Crippen LogP contribution in [0.1, 0.15) is 62.5 Å². The van der Waals surface area contributed by atoms with Gasteiger partial charge in [0.15, 0.2) is 5.52 Å². The largest absolute Gasteiger partial charge is 0.388 e. The summed E-state index contributed by atoms with van der Waals surface area (Å²) >= 11 is 0. The summed E-state index contributed by atoms with van der Waals surface area (Å²) in [5.41, 5.74) is 9.63. The number of aliphatic hydroxyl groups is 1. The minimum Gasteiger partial charge on any atom is -0.388 e. The standard InChI is InChI=1S/C32H38N6O3/c1-22(23-7-4-3-5-8-23)19-26(39)37-17-15-31(41,16-18-37)20-38-21-34-27-28(30(38)40)35-36(2)29(27)24-9-11-25(12-10-24)32(33)13-6-14-32/h3-5,7-12,21-22,41H,6,13-20,33H2,1-2H3/t22-/m1/s1. The van der Waals surface area contributed by atoms with Crippen LogP contribution >= 0.6 is 0 Å². The maximum absolute atomic E-state index is 13.5. The van der Waals surface area contributed by atoms with Gasteiger partial charge < -0.3 is 15.7 Å². The third-order valence-corrected chi connectivity index (χ3v) is 9.15. The minimum absolute atomic E-state index is 0.0898. The Balaban J connectivity index is 1.14. The normalized spacial score (nSPS) is 18.7. The SMILES string of the molecule is C[C@H](CC(=O)N1CCC(O)(Cn2cnc3c(-c4ccc(C5(N)CCC5)cc4)n(C)nc3c2=O)CC1)c1ccccc1. The first-order chi connectivity index (χ1) is 19.7. The molecule has 1 amide bonds. The van der Waals surface area contributed by atoms with Gasteiger partial charge in [0, 0.05) is 37.7 Å². The predicted molar refractivity (Wildman–Crippen MR) is 158 cm³/mol. The number of fused-ring (bicyclic) bond motifs is 1. The Hall–Kier alpha value is -3.82. The summed E-state index contributed by atoms with van der Waals surface area (Å²) in [5, 5.41) is 15.9. The number of likely N-dealkylation sites (tertiary alicyclic amines) is 1. The molecule has 9 nitrogen and oxygen atoms in total. The molecule has 0 radical (unpaired) electrons. The number of hydrogen-bond acceptors (Lipinski definition) is 6. The molecule has 1 aliphatic heterocycles. The lowest BCUT2D eigenvalue weighted by molar-refractivity contribution is -0.136. The molecule has 1 atom stereocenters. The summed E-state index contributed by atoms with van der Waals surface area (Å²) in [4.78, 5) is 32.9. The zero-order valence-corrected chi connectivity index (χ0v) is 23.8. The number of amides is 1. The quantitative estimate of drug-likeness (QED) is 0.360. The predicted octanol–water partition coefficient (Wildman–Crippen LogP) is 3.68. The number of aromatic nitrogens is 4. The van der Waals surface area contributed by atoms with Crippen LogP contribution in [0.5, 0.6) is 0 Å². The molecule has 2 aromatic carbocycles. The van der Waals surface area contributed by atoms with E-state index in [1.54, 1.807) is 4.68 Å². The van der Waals surface area contributed by atoms with Crippen LogP contribution in [-0.2, 0) is 23.9 Å². The topological polar surface area (TPSA) is 119 Å². The molecule has 6 rings (SSSR count). The van der Waals surface area contributed by atoms with Crippen molar-refractivity contribution in [3.8, 4) is 11.3 Å². The molecule has 2 aliphatic rings. The highest BCUT2D eigenvalue weighted by molar-refractivity contribution is 5.89. The fourth-order valence-electron chi connectivity index (χ4n) is 6.28. The molecule has 3 heterocycles. The highest BCUT2D eigenvalue weighted by Gasteiger charge is 2.36. The van der Waals surface area contributed by atoms with Gasteiger partial charge in [-0.2, -0.15) is 5.10 Å². The number of rotatable bonds is 7. The Bertz CT molecular complexity index is 1610. The molecule has 0 unspecified atom stereocenters. The van der Waals surface area contributed by atoms with Crippen molar-refractivity contribution in [1.82, 2.24) is 24.2 Å². The lowest BCUT2D eigenvalue weighted by Gasteiger charge is -2.38. The van der Waals surface area contributed by atoms with Gasteiger partial charge in [-0.1, -0.05) is 61.5 Å². The van der Waals surface area contributed by atoms with E-state index >= 15 is 0 Å². The van der Waals surface area contributed by atoms with E-state index < -0.39 is 5.60 Å². The third kappa shape index (κ3) is 5.20. The third-order valence-electron chi connectivity index (χ3n) is 9.15. The number of hydrogen-bond donors (Lipinski definition) is 2. The zero-order chi connectivity index (χ0) is 28.8. The summed E-state index contributed by atoms with van der Waals surface area (Å²) in [6.07, 6.45) is 5.87. The number of nitrogens with zero attached hydrogens (tertiary/aromatic N) is 5. The molecule has 41 heavy (non-hydrogen) atoms. The molecule has 1 saturated carbocycles. The monoisotopic (exact) mass is 554 g/mol. The molecule has 4 aromatic rings. The summed E-state index contributed by atoms with van der Waals surface area (Å²) in [5.74, 6) is 0.217. The van der Waals surface area contributed by atoms with Crippen LogP contribution in [0.2, 0.25) is 0 Å². The van der Waals surface area contributed by atoms with Gasteiger partial charge in [-0.25, -0.2) is 4.98 Å². The zero-order valence-electron chi connectivity index (χ0n) is 23.8. The number of nitrogens with two attached hydrogens (primary N) is 1. The number of carbonyl (C=O) groups is 1. The Morgan fingerprint density at radius 2 is 1.71 bits per heavy atom. The van der Waals surface area contributed by atoms with Gasteiger partial charge in [-0.15, -0.1) is 0 Å². The highest BCUT2D eigenvalue weighted by atomic mass is 16.3. The van der Waals surface area contributed by atoms with Gasteiger partial charge in [0.25, 0.3) is 5.56 Å². The molecule has 0 spiro atoms. The van der Waals surface area contributed by atoms with Crippen molar-refractivity contribution < 1.29 is 9.90 Å². The van der Waals surface area contributed by atoms with Gasteiger partial charge in [0.2, 0.25) is 5.91 Å². The lowest BCUT2D eigenvalue weighted by Crippen LogP contribution is -2.49. The second-order valence-corrected chi connectivity index (χ2v) is 12.1. The van der Waals surface area contributed by atoms with Gasteiger partial charge in [0.1, 0.15) is 5.52 Å². The molecule has 9 heteroatoms. The summed E-state index contributed by atoms with van der Waals surface area (Å²) in [6, 6.07) is 18.2. The van der Waals surface area contributed by atoms with Crippen LogP contribution in [0.3, 0.4) is 0 Å². The van der Waals surface area contributed by atoms with Crippen molar-refractivity contribution in [2.24, 2.45) is 12.8 Å². The van der Waals surface area contributed by atoms with E-state index in [4.69, 9.17) is 5.73 Å². The summed E-state index contributed by atoms with van der Waals surface area (Å²) in [7, 11) is 1.81. The molecule has 2 fully saturated rings. The Kier molecular flexibility index (Phi) is 7.03. The molecular weight excluding hydrogens is 516 g/mol. The Labute approximate surface area is 239 Å². The van der Waals surface area contributed by atoms with Gasteiger partial charge in [0.05, 0.1) is 24.2 Å². The number of aryl methyl sites for hydroxylation is 1. The summed E-state index contributed by atoms with van der Waals surface area (Å²) in [6.45, 7) is 3.08. The molecule has 1 saturated heterocycles.